The average Bonchev–Trinajstić information content (AvgIpc) is 2.64. The van der Waals surface area contributed by atoms with Crippen LogP contribution in [0.15, 0.2) is 18.2 Å². The van der Waals surface area contributed by atoms with Crippen molar-refractivity contribution in [2.75, 3.05) is 13.7 Å². The highest BCUT2D eigenvalue weighted by molar-refractivity contribution is 5.87. The fourth-order valence-corrected chi connectivity index (χ4v) is 4.06. The molecule has 2 aliphatic carbocycles. The second kappa shape index (κ2) is 8.90. The third kappa shape index (κ3) is 4.63. The third-order valence-electron chi connectivity index (χ3n) is 6.31. The molecule has 0 radical (unpaired) electrons. The van der Waals surface area contributed by atoms with Gasteiger partial charge in [0, 0.05) is 13.1 Å². The number of halogens is 1. The molecule has 1 amide bonds. The van der Waals surface area contributed by atoms with Gasteiger partial charge in [-0.3, -0.25) is 4.79 Å². The van der Waals surface area contributed by atoms with E-state index in [1.54, 1.807) is 0 Å². The monoisotopic (exact) mass is 392 g/mol. The number of nitrogens with zero attached hydrogens (tertiary/aromatic N) is 1. The van der Waals surface area contributed by atoms with Crippen molar-refractivity contribution in [2.45, 2.75) is 57.0 Å². The van der Waals surface area contributed by atoms with Crippen molar-refractivity contribution in [1.82, 2.24) is 4.90 Å². The van der Waals surface area contributed by atoms with Crippen LogP contribution in [0.5, 0.6) is 5.75 Å². The molecule has 3 N–H and O–H groups in total. The van der Waals surface area contributed by atoms with Gasteiger partial charge in [0.25, 0.3) is 0 Å². The van der Waals surface area contributed by atoms with Crippen molar-refractivity contribution in [3.05, 3.63) is 29.6 Å². The van der Waals surface area contributed by atoms with E-state index in [2.05, 4.69) is 0 Å². The molecule has 1 aromatic rings. The molecule has 6 nitrogen and oxygen atoms in total. The van der Waals surface area contributed by atoms with Crippen LogP contribution in [-0.2, 0) is 4.79 Å². The lowest BCUT2D eigenvalue weighted by molar-refractivity contribution is -0.136. The molecule has 28 heavy (non-hydrogen) atoms. The first-order valence-electron chi connectivity index (χ1n) is 10.0. The Bertz CT molecular complexity index is 714. The number of rotatable bonds is 7. The van der Waals surface area contributed by atoms with E-state index in [1.807, 2.05) is 11.9 Å². The van der Waals surface area contributed by atoms with E-state index in [9.17, 15) is 14.0 Å². The zero-order chi connectivity index (χ0) is 20.3. The first-order chi connectivity index (χ1) is 13.4. The number of carbonyl (C=O) groups excluding carboxylic acids is 1. The van der Waals surface area contributed by atoms with Crippen LogP contribution in [0.25, 0.3) is 0 Å². The van der Waals surface area contributed by atoms with Gasteiger partial charge in [-0.1, -0.05) is 0 Å². The Morgan fingerprint density at radius 2 is 1.93 bits per heavy atom. The van der Waals surface area contributed by atoms with Gasteiger partial charge in [-0.05, 0) is 75.0 Å². The second-order valence-electron chi connectivity index (χ2n) is 8.10. The predicted octanol–water partition coefficient (Wildman–Crippen LogP) is 3.05. The molecule has 0 saturated heterocycles. The van der Waals surface area contributed by atoms with Crippen LogP contribution in [0.2, 0.25) is 0 Å². The van der Waals surface area contributed by atoms with E-state index in [0.29, 0.717) is 12.6 Å². The summed E-state index contributed by atoms with van der Waals surface area (Å²) in [6.07, 6.45) is 6.81. The summed E-state index contributed by atoms with van der Waals surface area (Å²) in [5.41, 5.74) is 6.16. The molecule has 0 unspecified atom stereocenters. The van der Waals surface area contributed by atoms with Crippen molar-refractivity contribution in [3.63, 3.8) is 0 Å². The molecular weight excluding hydrogens is 363 g/mol. The molecule has 1 atom stereocenters. The van der Waals surface area contributed by atoms with Crippen LogP contribution in [0.3, 0.4) is 0 Å². The maximum Gasteiger partial charge on any atom is 0.335 e. The van der Waals surface area contributed by atoms with E-state index < -0.39 is 17.8 Å². The number of aromatic carboxylic acids is 1. The summed E-state index contributed by atoms with van der Waals surface area (Å²) in [6.45, 7) is 0.376. The minimum Gasteiger partial charge on any atom is -0.490 e. The first kappa shape index (κ1) is 20.6. The first-order valence-corrected chi connectivity index (χ1v) is 10.0. The molecule has 0 bridgehead atoms. The van der Waals surface area contributed by atoms with E-state index in [0.717, 1.165) is 44.6 Å². The molecular formula is C21H29FN2O4. The Balaban J connectivity index is 1.45. The van der Waals surface area contributed by atoms with Gasteiger partial charge in [-0.2, -0.15) is 0 Å². The lowest BCUT2D eigenvalue weighted by atomic mass is 9.78. The predicted molar refractivity (Wildman–Crippen MR) is 103 cm³/mol. The van der Waals surface area contributed by atoms with E-state index in [4.69, 9.17) is 15.6 Å². The molecule has 2 aliphatic rings. The van der Waals surface area contributed by atoms with Gasteiger partial charge in [-0.25, -0.2) is 9.18 Å². The van der Waals surface area contributed by atoms with Gasteiger partial charge in [0.1, 0.15) is 0 Å². The Hall–Kier alpha value is -2.15. The summed E-state index contributed by atoms with van der Waals surface area (Å²) in [4.78, 5) is 25.3. The highest BCUT2D eigenvalue weighted by Gasteiger charge is 2.34. The summed E-state index contributed by atoms with van der Waals surface area (Å²) < 4.78 is 19.5. The Labute approximate surface area is 164 Å². The number of ether oxygens (including phenoxy) is 1. The summed E-state index contributed by atoms with van der Waals surface area (Å²) in [6, 6.07) is 3.56. The van der Waals surface area contributed by atoms with E-state index in [1.165, 1.54) is 18.6 Å². The quantitative estimate of drug-likeness (QED) is 0.744. The molecule has 7 heteroatoms. The fraction of sp³-hybridized carbons (Fsp3) is 0.619. The van der Waals surface area contributed by atoms with Crippen LogP contribution >= 0.6 is 0 Å². The second-order valence-corrected chi connectivity index (χ2v) is 8.10. The van der Waals surface area contributed by atoms with Crippen LogP contribution < -0.4 is 10.5 Å². The maximum atomic E-state index is 13.9. The number of nitrogens with two attached hydrogens (primary N) is 1. The number of amides is 1. The highest BCUT2D eigenvalue weighted by atomic mass is 19.1. The largest absolute Gasteiger partial charge is 0.490 e. The Morgan fingerprint density at radius 1 is 1.25 bits per heavy atom. The summed E-state index contributed by atoms with van der Waals surface area (Å²) >= 11 is 0. The van der Waals surface area contributed by atoms with E-state index in [-0.39, 0.29) is 29.1 Å². The minimum atomic E-state index is -1.17. The number of carboxylic acids is 1. The zero-order valence-corrected chi connectivity index (χ0v) is 16.3. The number of hydrogen-bond donors (Lipinski definition) is 2. The summed E-state index contributed by atoms with van der Waals surface area (Å²) in [5, 5.41) is 8.88. The van der Waals surface area contributed by atoms with Crippen LogP contribution in [-0.4, -0.2) is 47.6 Å². The zero-order valence-electron chi connectivity index (χ0n) is 16.3. The molecule has 1 aromatic carbocycles. The van der Waals surface area contributed by atoms with Gasteiger partial charge in [0.2, 0.25) is 5.91 Å². The molecule has 0 spiro atoms. The smallest absolute Gasteiger partial charge is 0.335 e. The topological polar surface area (TPSA) is 92.9 Å². The Kier molecular flexibility index (Phi) is 6.54. The summed E-state index contributed by atoms with van der Waals surface area (Å²) in [7, 11) is 1.86. The summed E-state index contributed by atoms with van der Waals surface area (Å²) in [5.74, 6) is -1.26. The van der Waals surface area contributed by atoms with Gasteiger partial charge in [0.15, 0.2) is 11.6 Å². The van der Waals surface area contributed by atoms with Crippen molar-refractivity contribution in [2.24, 2.45) is 17.6 Å². The van der Waals surface area contributed by atoms with Gasteiger partial charge >= 0.3 is 5.97 Å². The van der Waals surface area contributed by atoms with Crippen molar-refractivity contribution >= 4 is 11.9 Å². The van der Waals surface area contributed by atoms with Gasteiger partial charge in [-0.15, -0.1) is 0 Å². The number of carbonyl (C=O) groups is 2. The van der Waals surface area contributed by atoms with Crippen LogP contribution in [0.4, 0.5) is 4.39 Å². The lowest BCUT2D eigenvalue weighted by Gasteiger charge is -2.38. The number of hydrogen-bond acceptors (Lipinski definition) is 4. The van der Waals surface area contributed by atoms with Crippen LogP contribution in [0.1, 0.15) is 55.3 Å². The van der Waals surface area contributed by atoms with Gasteiger partial charge in [0.05, 0.1) is 18.2 Å². The number of carboxylic acid groups (broad SMARTS) is 1. The van der Waals surface area contributed by atoms with Crippen LogP contribution in [0, 0.1) is 17.7 Å². The van der Waals surface area contributed by atoms with Gasteiger partial charge < -0.3 is 20.5 Å². The normalized spacial score (nSPS) is 23.5. The maximum absolute atomic E-state index is 13.9. The average molecular weight is 392 g/mol. The van der Waals surface area contributed by atoms with Crippen molar-refractivity contribution in [3.8, 4) is 5.75 Å². The molecule has 2 fully saturated rings. The SMILES string of the molecule is CN(C(=O)[C@@H](N)C1CCC(COc2ccc(C(=O)O)cc2F)CC1)C1CCC1. The Morgan fingerprint density at radius 3 is 2.46 bits per heavy atom. The number of benzene rings is 1. The highest BCUT2D eigenvalue weighted by Crippen LogP contribution is 2.32. The third-order valence-corrected chi connectivity index (χ3v) is 6.31. The van der Waals surface area contributed by atoms with E-state index >= 15 is 0 Å². The molecule has 3 rings (SSSR count). The fourth-order valence-electron chi connectivity index (χ4n) is 4.06. The molecule has 2 saturated carbocycles. The lowest BCUT2D eigenvalue weighted by Crippen LogP contribution is -2.52. The standard InChI is InChI=1S/C21H29FN2O4/c1-24(16-3-2-4-16)20(25)19(23)14-7-5-13(6-8-14)12-28-18-10-9-15(21(26)27)11-17(18)22/h9-11,13-14,16,19H,2-8,12,23H2,1H3,(H,26,27)/t13?,14?,19-/m0/s1. The molecule has 0 aliphatic heterocycles. The number of likely N-dealkylation sites (N-methyl/N-ethyl adjacent to an activating group) is 1. The minimum absolute atomic E-state index is 0.0463. The van der Waals surface area contributed by atoms with Crippen molar-refractivity contribution < 1.29 is 23.8 Å². The van der Waals surface area contributed by atoms with Crippen molar-refractivity contribution in [1.29, 1.82) is 0 Å². The molecule has 0 aromatic heterocycles. The molecule has 154 valence electrons. The molecule has 0 heterocycles.